The minimum Gasteiger partial charge on any atom is -0.467 e. The molecule has 1 aliphatic rings. The fourth-order valence-electron chi connectivity index (χ4n) is 3.23. The molecular weight excluding hydrogens is 304 g/mol. The number of furan rings is 1. The van der Waals surface area contributed by atoms with Crippen molar-refractivity contribution in [2.24, 2.45) is 0 Å². The van der Waals surface area contributed by atoms with Crippen molar-refractivity contribution < 1.29 is 14.3 Å². The van der Waals surface area contributed by atoms with Gasteiger partial charge in [-0.3, -0.25) is 4.79 Å². The van der Waals surface area contributed by atoms with Crippen LogP contribution in [0.4, 0.5) is 5.69 Å². The standard InChI is InChI=1S/C19H24N2O3/c1-3-15(12-22)20-19(23)16-8-9-24-18(16)11-21-13(2)10-14-6-4-5-7-17(14)21/h4-9,13,15,22H,3,10-12H2,1-2H3,(H,20,23). The van der Waals surface area contributed by atoms with E-state index < -0.39 is 0 Å². The van der Waals surface area contributed by atoms with Crippen LogP contribution in [0.15, 0.2) is 41.0 Å². The van der Waals surface area contributed by atoms with Gasteiger partial charge in [0.25, 0.3) is 5.91 Å². The van der Waals surface area contributed by atoms with Gasteiger partial charge in [0.2, 0.25) is 0 Å². The van der Waals surface area contributed by atoms with Crippen LogP contribution in [-0.2, 0) is 13.0 Å². The molecule has 0 radical (unpaired) electrons. The highest BCUT2D eigenvalue weighted by molar-refractivity contribution is 5.95. The van der Waals surface area contributed by atoms with E-state index in [1.807, 2.05) is 13.0 Å². The number of amides is 1. The molecule has 0 saturated heterocycles. The molecule has 2 N–H and O–H groups in total. The fraction of sp³-hybridized carbons (Fsp3) is 0.421. The Balaban J connectivity index is 1.78. The van der Waals surface area contributed by atoms with Crippen molar-refractivity contribution in [2.45, 2.75) is 45.3 Å². The maximum Gasteiger partial charge on any atom is 0.255 e. The number of nitrogens with zero attached hydrogens (tertiary/aromatic N) is 1. The average molecular weight is 328 g/mol. The van der Waals surface area contributed by atoms with Gasteiger partial charge in [-0.25, -0.2) is 0 Å². The molecular formula is C19H24N2O3. The van der Waals surface area contributed by atoms with E-state index in [0.717, 1.165) is 6.42 Å². The number of carbonyl (C=O) groups excluding carboxylic acids is 1. The van der Waals surface area contributed by atoms with Crippen molar-refractivity contribution in [1.29, 1.82) is 0 Å². The Morgan fingerprint density at radius 2 is 2.21 bits per heavy atom. The first-order valence-corrected chi connectivity index (χ1v) is 8.46. The highest BCUT2D eigenvalue weighted by Gasteiger charge is 2.28. The van der Waals surface area contributed by atoms with E-state index in [0.29, 0.717) is 30.3 Å². The summed E-state index contributed by atoms with van der Waals surface area (Å²) in [6, 6.07) is 10.2. The third kappa shape index (κ3) is 3.17. The minimum absolute atomic E-state index is 0.0635. The van der Waals surface area contributed by atoms with Gasteiger partial charge in [-0.15, -0.1) is 0 Å². The molecule has 2 aromatic rings. The normalized spacial score (nSPS) is 17.6. The Morgan fingerprint density at radius 3 is 2.96 bits per heavy atom. The van der Waals surface area contributed by atoms with Crippen LogP contribution in [0.1, 0.15) is 41.9 Å². The van der Waals surface area contributed by atoms with Gasteiger partial charge in [0, 0.05) is 11.7 Å². The van der Waals surface area contributed by atoms with Crippen molar-refractivity contribution >= 4 is 11.6 Å². The molecule has 0 saturated carbocycles. The van der Waals surface area contributed by atoms with Crippen LogP contribution >= 0.6 is 0 Å². The number of hydrogen-bond donors (Lipinski definition) is 2. The first-order valence-electron chi connectivity index (χ1n) is 8.46. The topological polar surface area (TPSA) is 65.7 Å². The zero-order valence-electron chi connectivity index (χ0n) is 14.2. The Labute approximate surface area is 142 Å². The van der Waals surface area contributed by atoms with Crippen LogP contribution in [0.3, 0.4) is 0 Å². The molecule has 5 heteroatoms. The third-order valence-electron chi connectivity index (χ3n) is 4.70. The van der Waals surface area contributed by atoms with E-state index in [9.17, 15) is 9.90 Å². The second kappa shape index (κ2) is 7.09. The van der Waals surface area contributed by atoms with Gasteiger partial charge in [0.05, 0.1) is 31.0 Å². The van der Waals surface area contributed by atoms with E-state index in [-0.39, 0.29) is 18.6 Å². The Kier molecular flexibility index (Phi) is 4.90. The van der Waals surface area contributed by atoms with Crippen LogP contribution in [-0.4, -0.2) is 29.7 Å². The number of fused-ring (bicyclic) bond motifs is 1. The lowest BCUT2D eigenvalue weighted by atomic mass is 10.1. The summed E-state index contributed by atoms with van der Waals surface area (Å²) >= 11 is 0. The largest absolute Gasteiger partial charge is 0.467 e. The summed E-state index contributed by atoms with van der Waals surface area (Å²) in [5.41, 5.74) is 3.07. The zero-order valence-corrected chi connectivity index (χ0v) is 14.2. The van der Waals surface area contributed by atoms with Crippen LogP contribution in [0.5, 0.6) is 0 Å². The molecule has 1 aliphatic heterocycles. The first kappa shape index (κ1) is 16.6. The van der Waals surface area contributed by atoms with Crippen molar-refractivity contribution in [3.05, 3.63) is 53.5 Å². The summed E-state index contributed by atoms with van der Waals surface area (Å²) in [5.74, 6) is 0.462. The van der Waals surface area contributed by atoms with Crippen molar-refractivity contribution in [3.63, 3.8) is 0 Å². The fourth-order valence-corrected chi connectivity index (χ4v) is 3.23. The van der Waals surface area contributed by atoms with E-state index in [4.69, 9.17) is 4.42 Å². The number of rotatable bonds is 6. The summed E-state index contributed by atoms with van der Waals surface area (Å²) in [6.07, 6.45) is 3.24. The summed E-state index contributed by atoms with van der Waals surface area (Å²) in [6.45, 7) is 4.61. The monoisotopic (exact) mass is 328 g/mol. The lowest BCUT2D eigenvalue weighted by molar-refractivity contribution is 0.0913. The van der Waals surface area contributed by atoms with Gasteiger partial charge in [0.15, 0.2) is 0 Å². The minimum atomic E-state index is -0.230. The van der Waals surface area contributed by atoms with E-state index in [1.165, 1.54) is 11.3 Å². The second-order valence-electron chi connectivity index (χ2n) is 6.33. The quantitative estimate of drug-likeness (QED) is 0.856. The number of nitrogens with one attached hydrogen (secondary N) is 1. The van der Waals surface area contributed by atoms with Crippen molar-refractivity contribution in [1.82, 2.24) is 5.32 Å². The highest BCUT2D eigenvalue weighted by Crippen LogP contribution is 2.33. The SMILES string of the molecule is CCC(CO)NC(=O)c1ccoc1CN1c2ccccc2CC1C. The number of anilines is 1. The van der Waals surface area contributed by atoms with E-state index in [2.05, 4.69) is 35.3 Å². The lowest BCUT2D eigenvalue weighted by Gasteiger charge is -2.24. The summed E-state index contributed by atoms with van der Waals surface area (Å²) < 4.78 is 5.59. The highest BCUT2D eigenvalue weighted by atomic mass is 16.3. The molecule has 1 aromatic heterocycles. The Bertz CT molecular complexity index is 706. The molecule has 2 atom stereocenters. The van der Waals surface area contributed by atoms with Gasteiger partial charge in [-0.1, -0.05) is 25.1 Å². The Morgan fingerprint density at radius 1 is 1.42 bits per heavy atom. The molecule has 128 valence electrons. The maximum atomic E-state index is 12.5. The van der Waals surface area contributed by atoms with Crippen molar-refractivity contribution in [3.8, 4) is 0 Å². The van der Waals surface area contributed by atoms with Crippen LogP contribution in [0.25, 0.3) is 0 Å². The van der Waals surface area contributed by atoms with Crippen LogP contribution in [0.2, 0.25) is 0 Å². The Hall–Kier alpha value is -2.27. The third-order valence-corrected chi connectivity index (χ3v) is 4.70. The number of benzene rings is 1. The van der Waals surface area contributed by atoms with Crippen LogP contribution in [0, 0.1) is 0 Å². The zero-order chi connectivity index (χ0) is 17.1. The van der Waals surface area contributed by atoms with Crippen molar-refractivity contribution in [2.75, 3.05) is 11.5 Å². The van der Waals surface area contributed by atoms with Gasteiger partial charge in [-0.05, 0) is 37.5 Å². The number of hydrogen-bond acceptors (Lipinski definition) is 4. The number of aliphatic hydroxyl groups is 1. The number of para-hydroxylation sites is 1. The van der Waals surface area contributed by atoms with Gasteiger partial charge in [-0.2, -0.15) is 0 Å². The molecule has 0 spiro atoms. The first-order chi connectivity index (χ1) is 11.6. The van der Waals surface area contributed by atoms with Gasteiger partial charge >= 0.3 is 0 Å². The van der Waals surface area contributed by atoms with Crippen LogP contribution < -0.4 is 10.2 Å². The lowest BCUT2D eigenvalue weighted by Crippen LogP contribution is -2.37. The molecule has 0 fully saturated rings. The number of carbonyl (C=O) groups is 1. The molecule has 1 aromatic carbocycles. The molecule has 0 bridgehead atoms. The molecule has 2 heterocycles. The molecule has 3 rings (SSSR count). The van der Waals surface area contributed by atoms with Gasteiger partial charge in [0.1, 0.15) is 5.76 Å². The van der Waals surface area contributed by atoms with E-state index in [1.54, 1.807) is 12.3 Å². The molecule has 5 nitrogen and oxygen atoms in total. The number of aliphatic hydroxyl groups excluding tert-OH is 1. The van der Waals surface area contributed by atoms with Gasteiger partial charge < -0.3 is 19.7 Å². The van der Waals surface area contributed by atoms with E-state index >= 15 is 0 Å². The second-order valence-corrected chi connectivity index (χ2v) is 6.33. The summed E-state index contributed by atoms with van der Waals surface area (Å²) in [4.78, 5) is 14.7. The smallest absolute Gasteiger partial charge is 0.255 e. The summed E-state index contributed by atoms with van der Waals surface area (Å²) in [7, 11) is 0. The summed E-state index contributed by atoms with van der Waals surface area (Å²) in [5, 5.41) is 12.1. The average Bonchev–Trinajstić information content (AvgIpc) is 3.18. The molecule has 1 amide bonds. The predicted molar refractivity (Wildman–Crippen MR) is 93.1 cm³/mol. The maximum absolute atomic E-state index is 12.5. The molecule has 2 unspecified atom stereocenters. The molecule has 0 aliphatic carbocycles. The predicted octanol–water partition coefficient (Wildman–Crippen LogP) is 2.73. The molecule has 24 heavy (non-hydrogen) atoms.